The molecule has 2 heterocycles. The first-order valence-corrected chi connectivity index (χ1v) is 12.4. The van der Waals surface area contributed by atoms with Gasteiger partial charge >= 0.3 is 0 Å². The first-order chi connectivity index (χ1) is 16.6. The minimum atomic E-state index is -0.489. The molecule has 0 bridgehead atoms. The summed E-state index contributed by atoms with van der Waals surface area (Å²) < 4.78 is 6.13. The van der Waals surface area contributed by atoms with Gasteiger partial charge in [-0.15, -0.1) is 10.2 Å². The summed E-state index contributed by atoms with van der Waals surface area (Å²) in [6.07, 6.45) is 3.18. The summed E-state index contributed by atoms with van der Waals surface area (Å²) in [6.45, 7) is 4.98. The molecule has 0 saturated carbocycles. The fraction of sp³-hybridized carbons (Fsp3) is 0.310. The standard InChI is InChI=1S/C29H30ClN3O/c1-22-31-32-28(34-22)29(25-8-4-2-5-9-25,26-10-6-3-7-11-26)18-21-33-19-16-24(17-20-33)23-12-14-27(30)15-13-23/h2-15,24H,16-21H2,1H3. The zero-order chi connectivity index (χ0) is 23.4. The maximum Gasteiger partial charge on any atom is 0.231 e. The number of hydrogen-bond acceptors (Lipinski definition) is 4. The molecule has 0 N–H and O–H groups in total. The first kappa shape index (κ1) is 22.8. The molecule has 174 valence electrons. The van der Waals surface area contributed by atoms with Crippen molar-refractivity contribution in [3.8, 4) is 0 Å². The van der Waals surface area contributed by atoms with E-state index in [1.165, 1.54) is 16.7 Å². The highest BCUT2D eigenvalue weighted by atomic mass is 35.5. The molecule has 0 spiro atoms. The van der Waals surface area contributed by atoms with Crippen LogP contribution in [-0.4, -0.2) is 34.7 Å². The molecule has 5 heteroatoms. The monoisotopic (exact) mass is 471 g/mol. The molecule has 1 aliphatic heterocycles. The Morgan fingerprint density at radius 1 is 0.853 bits per heavy atom. The molecule has 3 aromatic carbocycles. The van der Waals surface area contributed by atoms with Crippen molar-refractivity contribution >= 4 is 11.6 Å². The lowest BCUT2D eigenvalue weighted by molar-refractivity contribution is 0.196. The minimum Gasteiger partial charge on any atom is -0.424 e. The third-order valence-corrected chi connectivity index (χ3v) is 7.41. The van der Waals surface area contributed by atoms with Crippen LogP contribution in [0.25, 0.3) is 0 Å². The van der Waals surface area contributed by atoms with E-state index in [4.69, 9.17) is 16.0 Å². The van der Waals surface area contributed by atoms with Gasteiger partial charge in [0.15, 0.2) is 0 Å². The number of hydrogen-bond donors (Lipinski definition) is 0. The number of benzene rings is 3. The van der Waals surface area contributed by atoms with Crippen LogP contribution in [0.15, 0.2) is 89.3 Å². The van der Waals surface area contributed by atoms with Gasteiger partial charge in [-0.3, -0.25) is 0 Å². The molecule has 0 unspecified atom stereocenters. The highest BCUT2D eigenvalue weighted by molar-refractivity contribution is 6.30. The smallest absolute Gasteiger partial charge is 0.231 e. The van der Waals surface area contributed by atoms with Crippen molar-refractivity contribution in [2.24, 2.45) is 0 Å². The van der Waals surface area contributed by atoms with E-state index >= 15 is 0 Å². The van der Waals surface area contributed by atoms with E-state index in [1.807, 2.05) is 19.1 Å². The van der Waals surface area contributed by atoms with Gasteiger partial charge in [-0.05, 0) is 73.6 Å². The highest BCUT2D eigenvalue weighted by Gasteiger charge is 2.41. The topological polar surface area (TPSA) is 42.2 Å². The molecule has 0 amide bonds. The van der Waals surface area contributed by atoms with Crippen LogP contribution in [0.2, 0.25) is 5.02 Å². The van der Waals surface area contributed by atoms with E-state index in [0.717, 1.165) is 43.9 Å². The summed E-state index contributed by atoms with van der Waals surface area (Å²) in [6, 6.07) is 29.6. The SMILES string of the molecule is Cc1nnc(C(CCN2CCC(c3ccc(Cl)cc3)CC2)(c2ccccc2)c2ccccc2)o1. The van der Waals surface area contributed by atoms with Crippen LogP contribution in [0.4, 0.5) is 0 Å². The molecule has 34 heavy (non-hydrogen) atoms. The molecule has 1 aliphatic rings. The quantitative estimate of drug-likeness (QED) is 0.303. The largest absolute Gasteiger partial charge is 0.424 e. The molecule has 0 aliphatic carbocycles. The molecule has 4 aromatic rings. The Morgan fingerprint density at radius 3 is 1.97 bits per heavy atom. The number of nitrogens with zero attached hydrogens (tertiary/aromatic N) is 3. The Bertz CT molecular complexity index is 1140. The van der Waals surface area contributed by atoms with E-state index < -0.39 is 5.41 Å². The lowest BCUT2D eigenvalue weighted by Gasteiger charge is -2.37. The van der Waals surface area contributed by atoms with Crippen LogP contribution in [-0.2, 0) is 5.41 Å². The Kier molecular flexibility index (Phi) is 6.80. The number of aromatic nitrogens is 2. The molecule has 1 aromatic heterocycles. The Balaban J connectivity index is 1.40. The van der Waals surface area contributed by atoms with Gasteiger partial charge < -0.3 is 9.32 Å². The van der Waals surface area contributed by atoms with E-state index in [2.05, 4.69) is 87.9 Å². The van der Waals surface area contributed by atoms with E-state index in [0.29, 0.717) is 17.7 Å². The second-order valence-electron chi connectivity index (χ2n) is 9.18. The Labute approximate surface area is 206 Å². The highest BCUT2D eigenvalue weighted by Crippen LogP contribution is 2.42. The third-order valence-electron chi connectivity index (χ3n) is 7.16. The number of likely N-dealkylation sites (tertiary alicyclic amines) is 1. The van der Waals surface area contributed by atoms with Crippen molar-refractivity contribution in [2.75, 3.05) is 19.6 Å². The zero-order valence-electron chi connectivity index (χ0n) is 19.5. The molecular weight excluding hydrogens is 442 g/mol. The molecule has 0 atom stereocenters. The summed E-state index contributed by atoms with van der Waals surface area (Å²) in [5, 5.41) is 9.56. The summed E-state index contributed by atoms with van der Waals surface area (Å²) in [5.74, 6) is 1.86. The maximum atomic E-state index is 6.13. The summed E-state index contributed by atoms with van der Waals surface area (Å²) in [7, 11) is 0. The average Bonchev–Trinajstić information content (AvgIpc) is 3.33. The molecule has 4 nitrogen and oxygen atoms in total. The molecule has 0 radical (unpaired) electrons. The molecular formula is C29H30ClN3O. The van der Waals surface area contributed by atoms with Crippen molar-refractivity contribution < 1.29 is 4.42 Å². The van der Waals surface area contributed by atoms with Gasteiger partial charge in [0.1, 0.15) is 0 Å². The van der Waals surface area contributed by atoms with Gasteiger partial charge in [-0.1, -0.05) is 84.4 Å². The van der Waals surface area contributed by atoms with E-state index in [1.54, 1.807) is 0 Å². The summed E-state index contributed by atoms with van der Waals surface area (Å²) in [5.41, 5.74) is 3.27. The summed E-state index contributed by atoms with van der Waals surface area (Å²) >= 11 is 6.09. The van der Waals surface area contributed by atoms with E-state index in [9.17, 15) is 0 Å². The second-order valence-corrected chi connectivity index (χ2v) is 9.62. The van der Waals surface area contributed by atoms with Gasteiger partial charge in [0.2, 0.25) is 11.8 Å². The van der Waals surface area contributed by atoms with Crippen LogP contribution in [0.3, 0.4) is 0 Å². The fourth-order valence-electron chi connectivity index (χ4n) is 5.27. The van der Waals surface area contributed by atoms with Crippen LogP contribution < -0.4 is 0 Å². The van der Waals surface area contributed by atoms with Crippen molar-refractivity contribution in [3.63, 3.8) is 0 Å². The predicted molar refractivity (Wildman–Crippen MR) is 136 cm³/mol. The lowest BCUT2D eigenvalue weighted by Crippen LogP contribution is -2.39. The second kappa shape index (κ2) is 10.1. The molecule has 1 fully saturated rings. The zero-order valence-corrected chi connectivity index (χ0v) is 20.3. The van der Waals surface area contributed by atoms with Crippen LogP contribution >= 0.6 is 11.6 Å². The number of halogens is 1. The molecule has 1 saturated heterocycles. The van der Waals surface area contributed by atoms with E-state index in [-0.39, 0.29) is 0 Å². The van der Waals surface area contributed by atoms with Crippen LogP contribution in [0.1, 0.15) is 53.7 Å². The van der Waals surface area contributed by atoms with Crippen LogP contribution in [0, 0.1) is 6.92 Å². The van der Waals surface area contributed by atoms with Crippen molar-refractivity contribution in [3.05, 3.63) is 118 Å². The number of aryl methyl sites for hydroxylation is 1. The first-order valence-electron chi connectivity index (χ1n) is 12.0. The number of piperidine rings is 1. The van der Waals surface area contributed by atoms with Gasteiger partial charge in [0, 0.05) is 11.9 Å². The predicted octanol–water partition coefficient (Wildman–Crippen LogP) is 6.64. The van der Waals surface area contributed by atoms with Gasteiger partial charge in [0.25, 0.3) is 0 Å². The Hall–Kier alpha value is -2.95. The fourth-order valence-corrected chi connectivity index (χ4v) is 5.40. The number of rotatable bonds is 7. The van der Waals surface area contributed by atoms with Gasteiger partial charge in [-0.25, -0.2) is 0 Å². The third kappa shape index (κ3) is 4.66. The van der Waals surface area contributed by atoms with Crippen molar-refractivity contribution in [1.29, 1.82) is 0 Å². The van der Waals surface area contributed by atoms with Gasteiger partial charge in [-0.2, -0.15) is 0 Å². The Morgan fingerprint density at radius 2 is 1.44 bits per heavy atom. The molecule has 5 rings (SSSR count). The summed E-state index contributed by atoms with van der Waals surface area (Å²) in [4.78, 5) is 2.58. The van der Waals surface area contributed by atoms with Crippen molar-refractivity contribution in [2.45, 2.75) is 37.5 Å². The lowest BCUT2D eigenvalue weighted by atomic mass is 9.71. The maximum absolute atomic E-state index is 6.13. The van der Waals surface area contributed by atoms with Crippen LogP contribution in [0.5, 0.6) is 0 Å². The van der Waals surface area contributed by atoms with Gasteiger partial charge in [0.05, 0.1) is 5.41 Å². The normalized spacial score (nSPS) is 15.5. The van der Waals surface area contributed by atoms with Crippen molar-refractivity contribution in [1.82, 2.24) is 15.1 Å². The minimum absolute atomic E-state index is 0.489. The average molecular weight is 472 g/mol.